The highest BCUT2D eigenvalue weighted by molar-refractivity contribution is 5.50. The van der Waals surface area contributed by atoms with E-state index in [9.17, 15) is 0 Å². The van der Waals surface area contributed by atoms with Gasteiger partial charge in [-0.05, 0) is 51.4 Å². The van der Waals surface area contributed by atoms with Gasteiger partial charge in [-0.3, -0.25) is 9.80 Å². The first kappa shape index (κ1) is 13.9. The molecule has 0 saturated carbocycles. The standard InChI is InChI=1S/C17H27N3/c1-14-5-3-4-6-17(14)18-10-12-20-11-9-15-7-8-16(13-20)19(15)2/h3-6,15-16,18H,7-13H2,1-2H3. The number of likely N-dealkylation sites (N-methyl/N-ethyl adjacent to an activating group) is 1. The molecule has 2 unspecified atom stereocenters. The van der Waals surface area contributed by atoms with Crippen molar-refractivity contribution in [3.8, 4) is 0 Å². The van der Waals surface area contributed by atoms with Crippen molar-refractivity contribution in [2.45, 2.75) is 38.3 Å². The summed E-state index contributed by atoms with van der Waals surface area (Å²) < 4.78 is 0. The van der Waals surface area contributed by atoms with Gasteiger partial charge in [0.25, 0.3) is 0 Å². The van der Waals surface area contributed by atoms with Gasteiger partial charge in [-0.2, -0.15) is 0 Å². The summed E-state index contributed by atoms with van der Waals surface area (Å²) in [6.07, 6.45) is 4.15. The third kappa shape index (κ3) is 2.99. The lowest BCUT2D eigenvalue weighted by molar-refractivity contribution is 0.223. The molecule has 3 heteroatoms. The molecule has 2 saturated heterocycles. The lowest BCUT2D eigenvalue weighted by atomic mass is 10.1. The number of hydrogen-bond donors (Lipinski definition) is 1. The predicted octanol–water partition coefficient (Wildman–Crippen LogP) is 2.58. The van der Waals surface area contributed by atoms with Crippen LogP contribution in [-0.4, -0.2) is 55.1 Å². The fourth-order valence-electron chi connectivity index (χ4n) is 3.70. The van der Waals surface area contributed by atoms with Gasteiger partial charge in [0.15, 0.2) is 0 Å². The molecule has 2 aliphatic rings. The Morgan fingerprint density at radius 1 is 1.15 bits per heavy atom. The number of benzene rings is 1. The van der Waals surface area contributed by atoms with Gasteiger partial charge in [0.2, 0.25) is 0 Å². The van der Waals surface area contributed by atoms with Crippen LogP contribution in [0, 0.1) is 6.92 Å². The van der Waals surface area contributed by atoms with Crippen LogP contribution in [0.25, 0.3) is 0 Å². The van der Waals surface area contributed by atoms with Gasteiger partial charge in [0, 0.05) is 37.4 Å². The zero-order valence-electron chi connectivity index (χ0n) is 12.8. The van der Waals surface area contributed by atoms with Crippen LogP contribution in [0.5, 0.6) is 0 Å². The minimum Gasteiger partial charge on any atom is -0.384 e. The minimum atomic E-state index is 0.793. The van der Waals surface area contributed by atoms with Crippen LogP contribution in [0.1, 0.15) is 24.8 Å². The molecule has 2 heterocycles. The van der Waals surface area contributed by atoms with Gasteiger partial charge in [-0.25, -0.2) is 0 Å². The molecule has 20 heavy (non-hydrogen) atoms. The van der Waals surface area contributed by atoms with Crippen molar-refractivity contribution in [3.05, 3.63) is 29.8 Å². The van der Waals surface area contributed by atoms with E-state index >= 15 is 0 Å². The molecule has 0 spiro atoms. The Labute approximate surface area is 123 Å². The van der Waals surface area contributed by atoms with E-state index in [1.165, 1.54) is 43.6 Å². The fraction of sp³-hybridized carbons (Fsp3) is 0.647. The molecule has 1 aromatic carbocycles. The maximum absolute atomic E-state index is 3.58. The smallest absolute Gasteiger partial charge is 0.0370 e. The lowest BCUT2D eigenvalue weighted by Crippen LogP contribution is -2.38. The number of nitrogens with zero attached hydrogens (tertiary/aromatic N) is 2. The summed E-state index contributed by atoms with van der Waals surface area (Å²) in [5.41, 5.74) is 2.61. The highest BCUT2D eigenvalue weighted by Crippen LogP contribution is 2.28. The monoisotopic (exact) mass is 273 g/mol. The van der Waals surface area contributed by atoms with Crippen LogP contribution in [-0.2, 0) is 0 Å². The van der Waals surface area contributed by atoms with E-state index in [1.807, 2.05) is 0 Å². The predicted molar refractivity (Wildman–Crippen MR) is 85.3 cm³/mol. The van der Waals surface area contributed by atoms with Crippen molar-refractivity contribution in [2.75, 3.05) is 38.5 Å². The lowest BCUT2D eigenvalue weighted by Gasteiger charge is -2.26. The molecule has 1 aromatic rings. The first-order valence-corrected chi connectivity index (χ1v) is 7.98. The number of aryl methyl sites for hydroxylation is 1. The van der Waals surface area contributed by atoms with Crippen LogP contribution < -0.4 is 5.32 Å². The second-order valence-corrected chi connectivity index (χ2v) is 6.38. The molecule has 110 valence electrons. The number of likely N-dealkylation sites (tertiary alicyclic amines) is 1. The van der Waals surface area contributed by atoms with Gasteiger partial charge in [-0.15, -0.1) is 0 Å². The van der Waals surface area contributed by atoms with Crippen molar-refractivity contribution >= 4 is 5.69 Å². The molecule has 3 rings (SSSR count). The van der Waals surface area contributed by atoms with E-state index in [2.05, 4.69) is 53.4 Å². The van der Waals surface area contributed by atoms with Crippen molar-refractivity contribution < 1.29 is 0 Å². The second-order valence-electron chi connectivity index (χ2n) is 6.38. The van der Waals surface area contributed by atoms with Crippen LogP contribution >= 0.6 is 0 Å². The van der Waals surface area contributed by atoms with E-state index in [1.54, 1.807) is 0 Å². The van der Waals surface area contributed by atoms with Gasteiger partial charge in [0.1, 0.15) is 0 Å². The fourth-order valence-corrected chi connectivity index (χ4v) is 3.70. The van der Waals surface area contributed by atoms with E-state index < -0.39 is 0 Å². The van der Waals surface area contributed by atoms with E-state index in [0.717, 1.165) is 25.2 Å². The van der Waals surface area contributed by atoms with Crippen molar-refractivity contribution in [1.82, 2.24) is 9.80 Å². The summed E-state index contributed by atoms with van der Waals surface area (Å²) in [7, 11) is 2.32. The molecule has 0 aromatic heterocycles. The van der Waals surface area contributed by atoms with Crippen molar-refractivity contribution in [3.63, 3.8) is 0 Å². The Kier molecular flexibility index (Phi) is 4.27. The highest BCUT2D eigenvalue weighted by atomic mass is 15.3. The first-order chi connectivity index (χ1) is 9.74. The molecule has 2 fully saturated rings. The number of nitrogens with one attached hydrogen (secondary N) is 1. The van der Waals surface area contributed by atoms with E-state index in [4.69, 9.17) is 0 Å². The summed E-state index contributed by atoms with van der Waals surface area (Å²) in [5, 5.41) is 3.58. The molecule has 2 atom stereocenters. The first-order valence-electron chi connectivity index (χ1n) is 7.98. The molecule has 1 N–H and O–H groups in total. The van der Waals surface area contributed by atoms with Gasteiger partial charge < -0.3 is 5.32 Å². The number of rotatable bonds is 4. The summed E-state index contributed by atoms with van der Waals surface area (Å²) in [6, 6.07) is 10.2. The third-order valence-electron chi connectivity index (χ3n) is 5.12. The Hall–Kier alpha value is -1.06. The molecule has 0 aliphatic carbocycles. The summed E-state index contributed by atoms with van der Waals surface area (Å²) in [5.74, 6) is 0. The Morgan fingerprint density at radius 3 is 2.80 bits per heavy atom. The molecule has 2 aliphatic heterocycles. The highest BCUT2D eigenvalue weighted by Gasteiger charge is 2.34. The average Bonchev–Trinajstić information content (AvgIpc) is 2.68. The number of fused-ring (bicyclic) bond motifs is 2. The van der Waals surface area contributed by atoms with Gasteiger partial charge in [-0.1, -0.05) is 18.2 Å². The van der Waals surface area contributed by atoms with Gasteiger partial charge >= 0.3 is 0 Å². The maximum atomic E-state index is 3.58. The quantitative estimate of drug-likeness (QED) is 0.909. The maximum Gasteiger partial charge on any atom is 0.0370 e. The molecule has 0 radical (unpaired) electrons. The van der Waals surface area contributed by atoms with Crippen LogP contribution in [0.15, 0.2) is 24.3 Å². The summed E-state index contributed by atoms with van der Waals surface area (Å²) >= 11 is 0. The molecule has 0 amide bonds. The van der Waals surface area contributed by atoms with Gasteiger partial charge in [0.05, 0.1) is 0 Å². The molecule has 3 nitrogen and oxygen atoms in total. The average molecular weight is 273 g/mol. The summed E-state index contributed by atoms with van der Waals surface area (Å²) in [6.45, 7) is 6.89. The third-order valence-corrected chi connectivity index (χ3v) is 5.12. The van der Waals surface area contributed by atoms with Crippen LogP contribution in [0.2, 0.25) is 0 Å². The zero-order chi connectivity index (χ0) is 13.9. The number of hydrogen-bond acceptors (Lipinski definition) is 3. The van der Waals surface area contributed by atoms with Crippen molar-refractivity contribution in [2.24, 2.45) is 0 Å². The Bertz CT molecular complexity index is 446. The molecular formula is C17H27N3. The summed E-state index contributed by atoms with van der Waals surface area (Å²) in [4.78, 5) is 5.26. The minimum absolute atomic E-state index is 0.793. The number of anilines is 1. The van der Waals surface area contributed by atoms with E-state index in [0.29, 0.717) is 0 Å². The van der Waals surface area contributed by atoms with Crippen molar-refractivity contribution in [1.29, 1.82) is 0 Å². The SMILES string of the molecule is Cc1ccccc1NCCN1CCC2CCC(C1)N2C. The van der Waals surface area contributed by atoms with E-state index in [-0.39, 0.29) is 0 Å². The molecule has 2 bridgehead atoms. The topological polar surface area (TPSA) is 18.5 Å². The zero-order valence-corrected chi connectivity index (χ0v) is 12.8. The second kappa shape index (κ2) is 6.15. The Balaban J connectivity index is 1.48. The number of para-hydroxylation sites is 1. The normalized spacial score (nSPS) is 27.5. The Morgan fingerprint density at radius 2 is 1.95 bits per heavy atom. The van der Waals surface area contributed by atoms with Crippen LogP contribution in [0.4, 0.5) is 5.69 Å². The van der Waals surface area contributed by atoms with Crippen LogP contribution in [0.3, 0.4) is 0 Å². The largest absolute Gasteiger partial charge is 0.384 e. The molecular weight excluding hydrogens is 246 g/mol.